The zero-order valence-electron chi connectivity index (χ0n) is 25.0. The first-order valence-electron chi connectivity index (χ1n) is 15.5. The summed E-state index contributed by atoms with van der Waals surface area (Å²) in [5.74, 6) is -0.626. The fourth-order valence-corrected chi connectivity index (χ4v) is 7.21. The topological polar surface area (TPSA) is 117 Å². The van der Waals surface area contributed by atoms with Crippen LogP contribution in [0.2, 0.25) is 0 Å². The van der Waals surface area contributed by atoms with E-state index in [0.29, 0.717) is 36.8 Å². The average molecular weight is 597 g/mol. The summed E-state index contributed by atoms with van der Waals surface area (Å²) in [6, 6.07) is 8.39. The molecule has 2 saturated heterocycles. The van der Waals surface area contributed by atoms with Gasteiger partial charge in [-0.3, -0.25) is 19.3 Å². The molecule has 2 aromatic rings. The number of aromatic nitrogens is 2. The summed E-state index contributed by atoms with van der Waals surface area (Å²) >= 11 is 1.13. The number of rotatable bonds is 10. The Morgan fingerprint density at radius 2 is 1.83 bits per heavy atom. The lowest BCUT2D eigenvalue weighted by Crippen LogP contribution is -2.65. The molecule has 0 radical (unpaired) electrons. The molecule has 2 aliphatic heterocycles. The number of carbonyl (C=O) groups excluding carboxylic acids is 3. The van der Waals surface area contributed by atoms with Crippen molar-refractivity contribution in [2.45, 2.75) is 89.9 Å². The molecule has 228 valence electrons. The molecular formula is C31H44N6O4S. The number of nitrogens with zero attached hydrogens (tertiary/aromatic N) is 4. The van der Waals surface area contributed by atoms with Gasteiger partial charge in [0.15, 0.2) is 0 Å². The number of hydrogen-bond acceptors (Lipinski definition) is 8. The highest BCUT2D eigenvalue weighted by Gasteiger charge is 2.47. The van der Waals surface area contributed by atoms with Crippen LogP contribution < -0.4 is 10.6 Å². The first-order valence-corrected chi connectivity index (χ1v) is 16.3. The van der Waals surface area contributed by atoms with Crippen LogP contribution in [0.1, 0.15) is 65.7 Å². The van der Waals surface area contributed by atoms with Gasteiger partial charge in [-0.05, 0) is 38.5 Å². The molecule has 3 amide bonds. The molecular weight excluding hydrogens is 552 g/mol. The smallest absolute Gasteiger partial charge is 0.249 e. The first kappa shape index (κ1) is 30.6. The maximum Gasteiger partial charge on any atom is 0.249 e. The van der Waals surface area contributed by atoms with E-state index in [9.17, 15) is 14.4 Å². The molecule has 3 aliphatic rings. The minimum atomic E-state index is -0.716. The SMILES string of the molecule is CCO[C@@H]1C[C@@H]2CN(C(=O)[C@@H](NC(=O)[C@H](C)CC)C3CCCCC3)[C@H](C(=O)Nc3snnc3-c3ccccc3)CN2C1. The Hall–Kier alpha value is -2.89. The predicted octanol–water partition coefficient (Wildman–Crippen LogP) is 3.95. The molecule has 3 fully saturated rings. The van der Waals surface area contributed by atoms with Crippen LogP contribution in [0.4, 0.5) is 5.00 Å². The Bertz CT molecular complexity index is 1220. The molecule has 1 aromatic carbocycles. The van der Waals surface area contributed by atoms with Gasteiger partial charge in [0.2, 0.25) is 17.7 Å². The summed E-state index contributed by atoms with van der Waals surface area (Å²) < 4.78 is 10.1. The number of nitrogens with one attached hydrogen (secondary N) is 2. The van der Waals surface area contributed by atoms with Crippen LogP contribution in [-0.4, -0.2) is 87.6 Å². The number of ether oxygens (including phenoxy) is 1. The molecule has 0 unspecified atom stereocenters. The zero-order valence-corrected chi connectivity index (χ0v) is 25.8. The molecule has 1 saturated carbocycles. The van der Waals surface area contributed by atoms with E-state index in [1.54, 1.807) is 4.90 Å². The third kappa shape index (κ3) is 6.84. The van der Waals surface area contributed by atoms with Gasteiger partial charge in [-0.15, -0.1) is 5.10 Å². The van der Waals surface area contributed by atoms with Crippen molar-refractivity contribution in [2.24, 2.45) is 11.8 Å². The van der Waals surface area contributed by atoms with Gasteiger partial charge in [0.25, 0.3) is 0 Å². The van der Waals surface area contributed by atoms with Gasteiger partial charge in [0, 0.05) is 55.3 Å². The van der Waals surface area contributed by atoms with Gasteiger partial charge < -0.3 is 20.3 Å². The Morgan fingerprint density at radius 3 is 2.55 bits per heavy atom. The van der Waals surface area contributed by atoms with E-state index in [4.69, 9.17) is 4.74 Å². The second-order valence-electron chi connectivity index (χ2n) is 11.9. The van der Waals surface area contributed by atoms with E-state index in [1.807, 2.05) is 51.1 Å². The van der Waals surface area contributed by atoms with Crippen molar-refractivity contribution < 1.29 is 19.1 Å². The summed E-state index contributed by atoms with van der Waals surface area (Å²) in [5.41, 5.74) is 1.47. The van der Waals surface area contributed by atoms with Crippen LogP contribution in [-0.2, 0) is 19.1 Å². The maximum absolute atomic E-state index is 14.5. The number of fused-ring (bicyclic) bond motifs is 1. The largest absolute Gasteiger partial charge is 0.377 e. The van der Waals surface area contributed by atoms with Crippen molar-refractivity contribution >= 4 is 34.3 Å². The van der Waals surface area contributed by atoms with Crippen LogP contribution >= 0.6 is 11.5 Å². The number of benzene rings is 1. The molecule has 2 N–H and O–H groups in total. The molecule has 1 aliphatic carbocycles. The number of piperazine rings is 1. The van der Waals surface area contributed by atoms with Crippen molar-refractivity contribution in [2.75, 3.05) is 31.6 Å². The summed E-state index contributed by atoms with van der Waals surface area (Å²) in [4.78, 5) is 45.7. The number of amides is 3. The highest BCUT2D eigenvalue weighted by molar-refractivity contribution is 7.10. The standard InChI is InChI=1S/C31H44N6O4S/c1-4-20(3)28(38)32-27(22-14-10-7-11-15-22)31(40)37-17-23-16-24(41-5-2)18-36(23)19-25(37)29(39)33-30-26(34-35-42-30)21-12-8-6-9-13-21/h6,8-9,12-13,20,22-25,27H,4-5,7,10-11,14-19H2,1-3H3,(H,32,38)(H,33,39)/t20-,23-,24-,25+,27+/m1/s1. The van der Waals surface area contributed by atoms with Crippen molar-refractivity contribution in [1.29, 1.82) is 0 Å². The summed E-state index contributed by atoms with van der Waals surface area (Å²) in [6.45, 7) is 8.07. The molecule has 5 atom stereocenters. The zero-order chi connectivity index (χ0) is 29.6. The Balaban J connectivity index is 1.42. The van der Waals surface area contributed by atoms with Gasteiger partial charge in [0.1, 0.15) is 22.8 Å². The Morgan fingerprint density at radius 1 is 1.07 bits per heavy atom. The van der Waals surface area contributed by atoms with E-state index in [2.05, 4.69) is 25.1 Å². The van der Waals surface area contributed by atoms with E-state index < -0.39 is 12.1 Å². The molecule has 11 heteroatoms. The van der Waals surface area contributed by atoms with E-state index in [1.165, 1.54) is 0 Å². The van der Waals surface area contributed by atoms with Gasteiger partial charge >= 0.3 is 0 Å². The molecule has 1 aromatic heterocycles. The van der Waals surface area contributed by atoms with Crippen molar-refractivity contribution in [3.05, 3.63) is 30.3 Å². The van der Waals surface area contributed by atoms with Crippen molar-refractivity contribution in [3.8, 4) is 11.3 Å². The number of carbonyl (C=O) groups is 3. The van der Waals surface area contributed by atoms with Gasteiger partial charge in [-0.2, -0.15) is 0 Å². The average Bonchev–Trinajstić information content (AvgIpc) is 3.65. The third-order valence-corrected chi connectivity index (χ3v) is 9.83. The van der Waals surface area contributed by atoms with Crippen LogP contribution in [0.3, 0.4) is 0 Å². The summed E-state index contributed by atoms with van der Waals surface area (Å²) in [7, 11) is 0. The maximum atomic E-state index is 14.5. The minimum Gasteiger partial charge on any atom is -0.377 e. The molecule has 10 nitrogen and oxygen atoms in total. The van der Waals surface area contributed by atoms with Gasteiger partial charge in [-0.25, -0.2) is 0 Å². The van der Waals surface area contributed by atoms with Crippen LogP contribution in [0.25, 0.3) is 11.3 Å². The highest BCUT2D eigenvalue weighted by atomic mass is 32.1. The van der Waals surface area contributed by atoms with Crippen molar-refractivity contribution in [3.63, 3.8) is 0 Å². The van der Waals surface area contributed by atoms with Crippen LogP contribution in [0.15, 0.2) is 30.3 Å². The second kappa shape index (κ2) is 14.1. The molecule has 3 heterocycles. The summed E-state index contributed by atoms with van der Waals surface area (Å²) in [6.07, 6.45) is 6.63. The Kier molecular flexibility index (Phi) is 10.2. The third-order valence-electron chi connectivity index (χ3n) is 9.19. The quantitative estimate of drug-likeness (QED) is 0.427. The lowest BCUT2D eigenvalue weighted by Gasteiger charge is -2.45. The second-order valence-corrected chi connectivity index (χ2v) is 12.7. The highest BCUT2D eigenvalue weighted by Crippen LogP contribution is 2.33. The molecule has 5 rings (SSSR count). The van der Waals surface area contributed by atoms with Crippen LogP contribution in [0.5, 0.6) is 0 Å². The van der Waals surface area contributed by atoms with Crippen molar-refractivity contribution in [1.82, 2.24) is 24.7 Å². The fourth-order valence-electron chi connectivity index (χ4n) is 6.61. The predicted molar refractivity (Wildman–Crippen MR) is 163 cm³/mol. The molecule has 42 heavy (non-hydrogen) atoms. The monoisotopic (exact) mass is 596 g/mol. The summed E-state index contributed by atoms with van der Waals surface area (Å²) in [5, 5.41) is 11.0. The van der Waals surface area contributed by atoms with E-state index >= 15 is 0 Å². The fraction of sp³-hybridized carbons (Fsp3) is 0.645. The lowest BCUT2D eigenvalue weighted by atomic mass is 9.82. The normalized spacial score (nSPS) is 24.5. The number of hydrogen-bond donors (Lipinski definition) is 2. The number of anilines is 1. The van der Waals surface area contributed by atoms with Gasteiger partial charge in [-0.1, -0.05) is 67.9 Å². The van der Waals surface area contributed by atoms with Gasteiger partial charge in [0.05, 0.1) is 6.10 Å². The lowest BCUT2D eigenvalue weighted by molar-refractivity contribution is -0.148. The van der Waals surface area contributed by atoms with E-state index in [0.717, 1.165) is 62.2 Å². The van der Waals surface area contributed by atoms with Crippen LogP contribution in [0, 0.1) is 11.8 Å². The minimum absolute atomic E-state index is 0.0659. The first-order chi connectivity index (χ1) is 20.4. The Labute approximate surface area is 252 Å². The van der Waals surface area contributed by atoms with E-state index in [-0.39, 0.29) is 41.7 Å². The molecule has 0 spiro atoms. The molecule has 0 bridgehead atoms.